The zero-order valence-corrected chi connectivity index (χ0v) is 10.8. The summed E-state index contributed by atoms with van der Waals surface area (Å²) < 4.78 is 28.2. The lowest BCUT2D eigenvalue weighted by Crippen LogP contribution is -1.98. The number of phenolic OH excluding ortho intramolecular Hbond substituents is 1. The molecule has 1 aromatic heterocycles. The minimum Gasteiger partial charge on any atom is -0.507 e. The average Bonchev–Trinajstić information content (AvgIpc) is 2.76. The van der Waals surface area contributed by atoms with Crippen molar-refractivity contribution in [2.24, 2.45) is 0 Å². The van der Waals surface area contributed by atoms with Crippen LogP contribution in [0.25, 0.3) is 22.4 Å². The summed E-state index contributed by atoms with van der Waals surface area (Å²) in [6.45, 7) is 2.46. The summed E-state index contributed by atoms with van der Waals surface area (Å²) in [6.07, 6.45) is 0. The zero-order chi connectivity index (χ0) is 14.3. The van der Waals surface area contributed by atoms with E-state index in [1.807, 2.05) is 6.92 Å². The van der Waals surface area contributed by atoms with Crippen molar-refractivity contribution < 1.29 is 13.9 Å². The van der Waals surface area contributed by atoms with Gasteiger partial charge < -0.3 is 9.67 Å². The average molecular weight is 274 g/mol. The van der Waals surface area contributed by atoms with Gasteiger partial charge in [0.05, 0.1) is 16.6 Å². The number of halogens is 2. The Bertz CT molecular complexity index is 796. The molecule has 0 radical (unpaired) electrons. The maximum absolute atomic E-state index is 13.4. The molecule has 5 heteroatoms. The quantitative estimate of drug-likeness (QED) is 0.773. The fraction of sp³-hybridized carbons (Fsp3) is 0.133. The number of aromatic nitrogens is 2. The van der Waals surface area contributed by atoms with Crippen LogP contribution in [0.15, 0.2) is 36.4 Å². The molecule has 0 aliphatic carbocycles. The van der Waals surface area contributed by atoms with E-state index in [0.717, 1.165) is 6.07 Å². The maximum atomic E-state index is 13.4. The number of aryl methyl sites for hydroxylation is 1. The number of hydrogen-bond acceptors (Lipinski definition) is 2. The minimum absolute atomic E-state index is 0.185. The molecule has 1 N–H and O–H groups in total. The maximum Gasteiger partial charge on any atom is 0.144 e. The van der Waals surface area contributed by atoms with Crippen LogP contribution in [0.2, 0.25) is 0 Å². The number of phenols is 1. The van der Waals surface area contributed by atoms with Gasteiger partial charge in [-0.2, -0.15) is 0 Å². The number of rotatable bonds is 2. The van der Waals surface area contributed by atoms with E-state index in [4.69, 9.17) is 0 Å². The highest BCUT2D eigenvalue weighted by molar-refractivity contribution is 5.82. The first kappa shape index (κ1) is 12.6. The summed E-state index contributed by atoms with van der Waals surface area (Å²) in [5, 5.41) is 9.88. The highest BCUT2D eigenvalue weighted by atomic mass is 19.1. The van der Waals surface area contributed by atoms with Gasteiger partial charge in [-0.15, -0.1) is 0 Å². The van der Waals surface area contributed by atoms with Crippen molar-refractivity contribution in [2.45, 2.75) is 13.5 Å². The highest BCUT2D eigenvalue weighted by Crippen LogP contribution is 2.31. The molecular formula is C15H12F2N2O. The fourth-order valence-corrected chi connectivity index (χ4v) is 2.32. The number of nitrogens with zero attached hydrogens (tertiary/aromatic N) is 2. The molecule has 0 saturated carbocycles. The van der Waals surface area contributed by atoms with Crippen LogP contribution in [-0.4, -0.2) is 14.7 Å². The third kappa shape index (κ3) is 1.91. The molecule has 3 aromatic rings. The van der Waals surface area contributed by atoms with Gasteiger partial charge in [-0.25, -0.2) is 13.8 Å². The lowest BCUT2D eigenvalue weighted by Gasteiger charge is -2.07. The van der Waals surface area contributed by atoms with Crippen LogP contribution in [-0.2, 0) is 6.54 Å². The standard InChI is InChI=1S/C15H12F2N2O/c1-2-19-13-7-9(16)4-6-12(13)18-15(19)11-5-3-10(17)8-14(11)20/h3-8,20H,2H2,1H3. The largest absolute Gasteiger partial charge is 0.507 e. The predicted molar refractivity (Wildman–Crippen MR) is 72.4 cm³/mol. The van der Waals surface area contributed by atoms with Gasteiger partial charge in [-0.05, 0) is 37.3 Å². The Morgan fingerprint density at radius 2 is 1.80 bits per heavy atom. The van der Waals surface area contributed by atoms with E-state index in [1.165, 1.54) is 24.3 Å². The SMILES string of the molecule is CCn1c(-c2ccc(F)cc2O)nc2ccc(F)cc21. The molecule has 0 aliphatic heterocycles. The van der Waals surface area contributed by atoms with Gasteiger partial charge in [0, 0.05) is 12.6 Å². The fourth-order valence-electron chi connectivity index (χ4n) is 2.32. The van der Waals surface area contributed by atoms with Gasteiger partial charge in [0.15, 0.2) is 0 Å². The summed E-state index contributed by atoms with van der Waals surface area (Å²) >= 11 is 0. The molecule has 0 bridgehead atoms. The number of benzene rings is 2. The topological polar surface area (TPSA) is 38.0 Å². The van der Waals surface area contributed by atoms with Crippen LogP contribution in [0, 0.1) is 11.6 Å². The van der Waals surface area contributed by atoms with Gasteiger partial charge in [0.25, 0.3) is 0 Å². The number of hydrogen-bond donors (Lipinski definition) is 1. The molecule has 3 rings (SSSR count). The van der Waals surface area contributed by atoms with Crippen LogP contribution in [0.1, 0.15) is 6.92 Å². The summed E-state index contributed by atoms with van der Waals surface area (Å²) in [5.74, 6) is -0.556. The van der Waals surface area contributed by atoms with Gasteiger partial charge >= 0.3 is 0 Å². The van der Waals surface area contributed by atoms with E-state index >= 15 is 0 Å². The second-order valence-electron chi connectivity index (χ2n) is 4.47. The van der Waals surface area contributed by atoms with Crippen LogP contribution in [0.3, 0.4) is 0 Å². The number of fused-ring (bicyclic) bond motifs is 1. The summed E-state index contributed by atoms with van der Waals surface area (Å²) in [5.41, 5.74) is 1.70. The van der Waals surface area contributed by atoms with E-state index in [-0.39, 0.29) is 11.6 Å². The number of aromatic hydroxyl groups is 1. The van der Waals surface area contributed by atoms with Crippen molar-refractivity contribution in [1.82, 2.24) is 9.55 Å². The Balaban J connectivity index is 2.30. The van der Waals surface area contributed by atoms with Crippen LogP contribution in [0.4, 0.5) is 8.78 Å². The second-order valence-corrected chi connectivity index (χ2v) is 4.47. The van der Waals surface area contributed by atoms with Gasteiger partial charge in [0.1, 0.15) is 23.2 Å². The zero-order valence-electron chi connectivity index (χ0n) is 10.8. The summed E-state index contributed by atoms with van der Waals surface area (Å²) in [6, 6.07) is 8.08. The molecule has 0 aliphatic rings. The normalized spacial score (nSPS) is 11.2. The molecular weight excluding hydrogens is 262 g/mol. The second kappa shape index (κ2) is 4.59. The Morgan fingerprint density at radius 1 is 1.10 bits per heavy atom. The summed E-state index contributed by atoms with van der Waals surface area (Å²) in [4.78, 5) is 4.40. The molecule has 0 spiro atoms. The van der Waals surface area contributed by atoms with Gasteiger partial charge in [-0.1, -0.05) is 0 Å². The third-order valence-electron chi connectivity index (χ3n) is 3.23. The van der Waals surface area contributed by atoms with Gasteiger partial charge in [-0.3, -0.25) is 0 Å². The highest BCUT2D eigenvalue weighted by Gasteiger charge is 2.15. The first-order chi connectivity index (χ1) is 9.60. The van der Waals surface area contributed by atoms with Crippen molar-refractivity contribution in [3.8, 4) is 17.1 Å². The lowest BCUT2D eigenvalue weighted by molar-refractivity contribution is 0.470. The lowest BCUT2D eigenvalue weighted by atomic mass is 10.2. The van der Waals surface area contributed by atoms with Crippen molar-refractivity contribution in [3.05, 3.63) is 48.0 Å². The van der Waals surface area contributed by atoms with Crippen LogP contribution >= 0.6 is 0 Å². The van der Waals surface area contributed by atoms with Crippen molar-refractivity contribution in [2.75, 3.05) is 0 Å². The molecule has 0 amide bonds. The van der Waals surface area contributed by atoms with E-state index < -0.39 is 5.82 Å². The first-order valence-corrected chi connectivity index (χ1v) is 6.25. The van der Waals surface area contributed by atoms with E-state index in [2.05, 4.69) is 4.98 Å². The molecule has 3 nitrogen and oxygen atoms in total. The van der Waals surface area contributed by atoms with Gasteiger partial charge in [0.2, 0.25) is 0 Å². The van der Waals surface area contributed by atoms with Crippen molar-refractivity contribution >= 4 is 11.0 Å². The molecule has 20 heavy (non-hydrogen) atoms. The molecule has 2 aromatic carbocycles. The molecule has 0 atom stereocenters. The third-order valence-corrected chi connectivity index (χ3v) is 3.23. The molecule has 0 saturated heterocycles. The smallest absolute Gasteiger partial charge is 0.144 e. The molecule has 0 unspecified atom stereocenters. The van der Waals surface area contributed by atoms with E-state index in [0.29, 0.717) is 29.0 Å². The predicted octanol–water partition coefficient (Wildman–Crippen LogP) is 3.71. The Hall–Kier alpha value is -2.43. The Kier molecular flexibility index (Phi) is 2.89. The van der Waals surface area contributed by atoms with E-state index in [9.17, 15) is 13.9 Å². The van der Waals surface area contributed by atoms with Crippen molar-refractivity contribution in [1.29, 1.82) is 0 Å². The monoisotopic (exact) mass is 274 g/mol. The van der Waals surface area contributed by atoms with Crippen LogP contribution in [0.5, 0.6) is 5.75 Å². The van der Waals surface area contributed by atoms with Crippen LogP contribution < -0.4 is 0 Å². The summed E-state index contributed by atoms with van der Waals surface area (Å²) in [7, 11) is 0. The number of imidazole rings is 1. The Labute approximate surface area is 114 Å². The Morgan fingerprint density at radius 3 is 2.50 bits per heavy atom. The molecule has 1 heterocycles. The molecule has 102 valence electrons. The minimum atomic E-state index is -0.517. The molecule has 0 fully saturated rings. The van der Waals surface area contributed by atoms with Crippen molar-refractivity contribution in [3.63, 3.8) is 0 Å². The first-order valence-electron chi connectivity index (χ1n) is 6.25. The van der Waals surface area contributed by atoms with E-state index in [1.54, 1.807) is 10.6 Å².